The number of amides is 1. The van der Waals surface area contributed by atoms with Gasteiger partial charge in [0.15, 0.2) is 0 Å². The number of nitrogens with one attached hydrogen (secondary N) is 1. The van der Waals surface area contributed by atoms with Gasteiger partial charge in [0.1, 0.15) is 0 Å². The Hall–Kier alpha value is -2.10. The van der Waals surface area contributed by atoms with Crippen molar-refractivity contribution >= 4 is 5.91 Å². The summed E-state index contributed by atoms with van der Waals surface area (Å²) < 4.78 is 1.81. The zero-order valence-corrected chi connectivity index (χ0v) is 13.1. The Kier molecular flexibility index (Phi) is 4.46. The molecule has 0 fully saturated rings. The van der Waals surface area contributed by atoms with Crippen molar-refractivity contribution in [3.8, 4) is 0 Å². The number of nitrogens with zero attached hydrogens (tertiary/aromatic N) is 2. The topological polar surface area (TPSA) is 46.9 Å². The van der Waals surface area contributed by atoms with E-state index in [0.717, 1.165) is 17.7 Å². The molecule has 0 bridgehead atoms. The molecule has 1 amide bonds. The fraction of sp³-hybridized carbons (Fsp3) is 0.412. The molecule has 1 heterocycles. The largest absolute Gasteiger partial charge is 0.347 e. The van der Waals surface area contributed by atoms with E-state index in [1.807, 2.05) is 62.0 Å². The molecule has 1 N–H and O–H groups in total. The lowest BCUT2D eigenvalue weighted by Crippen LogP contribution is -2.42. The lowest BCUT2D eigenvalue weighted by atomic mass is 9.83. The Morgan fingerprint density at radius 1 is 1.29 bits per heavy atom. The number of benzene rings is 1. The van der Waals surface area contributed by atoms with Gasteiger partial charge in [-0.05, 0) is 31.9 Å². The first-order valence-corrected chi connectivity index (χ1v) is 7.31. The van der Waals surface area contributed by atoms with Crippen LogP contribution in [0.25, 0.3) is 0 Å². The summed E-state index contributed by atoms with van der Waals surface area (Å²) in [5.74, 6) is 0.0294. The third-order valence-corrected chi connectivity index (χ3v) is 3.99. The number of rotatable bonds is 5. The van der Waals surface area contributed by atoms with E-state index in [4.69, 9.17) is 0 Å². The smallest absolute Gasteiger partial charge is 0.230 e. The van der Waals surface area contributed by atoms with Gasteiger partial charge in [0.25, 0.3) is 0 Å². The van der Waals surface area contributed by atoms with Crippen molar-refractivity contribution in [1.82, 2.24) is 15.1 Å². The van der Waals surface area contributed by atoms with Gasteiger partial charge in [0.2, 0.25) is 5.91 Å². The van der Waals surface area contributed by atoms with Crippen LogP contribution in [0, 0.1) is 0 Å². The number of carbonyl (C=O) groups is 1. The number of carbonyl (C=O) groups excluding carboxylic acids is 1. The quantitative estimate of drug-likeness (QED) is 0.918. The molecule has 1 unspecified atom stereocenters. The Morgan fingerprint density at radius 3 is 2.48 bits per heavy atom. The molecule has 21 heavy (non-hydrogen) atoms. The minimum atomic E-state index is -0.562. The third-order valence-electron chi connectivity index (χ3n) is 3.99. The second-order valence-electron chi connectivity index (χ2n) is 5.81. The monoisotopic (exact) mass is 285 g/mol. The van der Waals surface area contributed by atoms with Gasteiger partial charge in [-0.15, -0.1) is 0 Å². The van der Waals surface area contributed by atoms with Crippen molar-refractivity contribution in [3.05, 3.63) is 53.9 Å². The van der Waals surface area contributed by atoms with Gasteiger partial charge < -0.3 is 5.32 Å². The van der Waals surface area contributed by atoms with Crippen molar-refractivity contribution in [2.24, 2.45) is 7.05 Å². The maximum Gasteiger partial charge on any atom is 0.230 e. The summed E-state index contributed by atoms with van der Waals surface area (Å²) in [6.45, 7) is 5.97. The second kappa shape index (κ2) is 6.12. The summed E-state index contributed by atoms with van der Waals surface area (Å²) in [6, 6.07) is 11.8. The average molecular weight is 285 g/mol. The fourth-order valence-corrected chi connectivity index (χ4v) is 2.44. The molecule has 0 aliphatic heterocycles. The Labute approximate surface area is 126 Å². The highest BCUT2D eigenvalue weighted by atomic mass is 16.2. The van der Waals surface area contributed by atoms with Gasteiger partial charge in [0.05, 0.1) is 17.2 Å². The van der Waals surface area contributed by atoms with Gasteiger partial charge in [-0.3, -0.25) is 9.48 Å². The highest BCUT2D eigenvalue weighted by molar-refractivity contribution is 5.87. The van der Waals surface area contributed by atoms with E-state index < -0.39 is 5.41 Å². The lowest BCUT2D eigenvalue weighted by molar-refractivity contribution is -0.126. The lowest BCUT2D eigenvalue weighted by Gasteiger charge is -2.27. The Morgan fingerprint density at radius 2 is 1.95 bits per heavy atom. The van der Waals surface area contributed by atoms with Crippen LogP contribution in [0.2, 0.25) is 0 Å². The summed E-state index contributed by atoms with van der Waals surface area (Å²) in [5.41, 5.74) is 1.48. The minimum Gasteiger partial charge on any atom is -0.347 e. The molecule has 0 aliphatic carbocycles. The van der Waals surface area contributed by atoms with E-state index in [2.05, 4.69) is 17.3 Å². The van der Waals surface area contributed by atoms with Gasteiger partial charge in [-0.1, -0.05) is 37.3 Å². The highest BCUT2D eigenvalue weighted by Crippen LogP contribution is 2.25. The molecule has 0 saturated carbocycles. The van der Waals surface area contributed by atoms with E-state index >= 15 is 0 Å². The predicted octanol–water partition coefficient (Wildman–Crippen LogP) is 2.97. The molecule has 1 atom stereocenters. The molecule has 112 valence electrons. The molecular formula is C17H23N3O. The van der Waals surface area contributed by atoms with Crippen LogP contribution in [0.4, 0.5) is 0 Å². The van der Waals surface area contributed by atoms with Crippen LogP contribution in [-0.4, -0.2) is 15.7 Å². The number of aryl methyl sites for hydroxylation is 1. The number of aromatic nitrogens is 2. The molecule has 0 aliphatic rings. The van der Waals surface area contributed by atoms with E-state index in [0.29, 0.717) is 0 Å². The SMILES string of the molecule is CCC(NC(=O)C(C)(C)c1ccccc1)c1ccnn1C. The molecule has 2 aromatic rings. The van der Waals surface area contributed by atoms with Gasteiger partial charge in [-0.25, -0.2) is 0 Å². The second-order valence-corrected chi connectivity index (χ2v) is 5.81. The summed E-state index contributed by atoms with van der Waals surface area (Å²) in [6.07, 6.45) is 2.59. The summed E-state index contributed by atoms with van der Waals surface area (Å²) >= 11 is 0. The Bertz CT molecular complexity index is 602. The average Bonchev–Trinajstić information content (AvgIpc) is 2.91. The van der Waals surface area contributed by atoms with Crippen molar-refractivity contribution in [3.63, 3.8) is 0 Å². The predicted molar refractivity (Wildman–Crippen MR) is 83.9 cm³/mol. The molecule has 0 spiro atoms. The molecular weight excluding hydrogens is 262 g/mol. The van der Waals surface area contributed by atoms with E-state index in [1.165, 1.54) is 0 Å². The van der Waals surface area contributed by atoms with Gasteiger partial charge in [0, 0.05) is 13.2 Å². The van der Waals surface area contributed by atoms with Crippen LogP contribution in [0.15, 0.2) is 42.6 Å². The first-order valence-electron chi connectivity index (χ1n) is 7.31. The van der Waals surface area contributed by atoms with Crippen molar-refractivity contribution in [2.45, 2.75) is 38.6 Å². The summed E-state index contributed by atoms with van der Waals surface area (Å²) in [4.78, 5) is 12.7. The first-order chi connectivity index (χ1) is 9.96. The maximum absolute atomic E-state index is 12.7. The zero-order valence-electron chi connectivity index (χ0n) is 13.1. The fourth-order valence-electron chi connectivity index (χ4n) is 2.44. The highest BCUT2D eigenvalue weighted by Gasteiger charge is 2.31. The van der Waals surface area contributed by atoms with Crippen LogP contribution >= 0.6 is 0 Å². The van der Waals surface area contributed by atoms with Crippen molar-refractivity contribution in [1.29, 1.82) is 0 Å². The third kappa shape index (κ3) is 3.15. The van der Waals surface area contributed by atoms with Crippen LogP contribution in [0.5, 0.6) is 0 Å². The molecule has 0 saturated heterocycles. The van der Waals surface area contributed by atoms with Crippen LogP contribution in [0.1, 0.15) is 44.5 Å². The van der Waals surface area contributed by atoms with E-state index in [1.54, 1.807) is 6.20 Å². The summed E-state index contributed by atoms with van der Waals surface area (Å²) in [7, 11) is 1.90. The molecule has 2 rings (SSSR count). The number of hydrogen-bond donors (Lipinski definition) is 1. The maximum atomic E-state index is 12.7. The molecule has 1 aromatic carbocycles. The van der Waals surface area contributed by atoms with Crippen LogP contribution in [-0.2, 0) is 17.3 Å². The van der Waals surface area contributed by atoms with Crippen molar-refractivity contribution < 1.29 is 4.79 Å². The van der Waals surface area contributed by atoms with Crippen LogP contribution in [0.3, 0.4) is 0 Å². The van der Waals surface area contributed by atoms with Crippen LogP contribution < -0.4 is 5.32 Å². The zero-order chi connectivity index (χ0) is 15.5. The molecule has 4 nitrogen and oxygen atoms in total. The van der Waals surface area contributed by atoms with E-state index in [-0.39, 0.29) is 11.9 Å². The molecule has 4 heteroatoms. The first kappa shape index (κ1) is 15.3. The molecule has 1 aromatic heterocycles. The minimum absolute atomic E-state index is 0.0204. The summed E-state index contributed by atoms with van der Waals surface area (Å²) in [5, 5.41) is 7.33. The normalized spacial score (nSPS) is 13.0. The molecule has 0 radical (unpaired) electrons. The van der Waals surface area contributed by atoms with Crippen molar-refractivity contribution in [2.75, 3.05) is 0 Å². The Balaban J connectivity index is 2.18. The standard InChI is InChI=1S/C17H23N3O/c1-5-14(15-11-12-18-20(15)4)19-16(21)17(2,3)13-9-7-6-8-10-13/h6-12,14H,5H2,1-4H3,(H,19,21). The van der Waals surface area contributed by atoms with Gasteiger partial charge in [-0.2, -0.15) is 5.10 Å². The van der Waals surface area contributed by atoms with Gasteiger partial charge >= 0.3 is 0 Å². The van der Waals surface area contributed by atoms with E-state index in [9.17, 15) is 4.79 Å². The number of hydrogen-bond acceptors (Lipinski definition) is 2.